The first kappa shape index (κ1) is 22.6. The van der Waals surface area contributed by atoms with Gasteiger partial charge in [0.1, 0.15) is 5.69 Å². The summed E-state index contributed by atoms with van der Waals surface area (Å²) in [7, 11) is -3.19. The zero-order valence-corrected chi connectivity index (χ0v) is 17.9. The third kappa shape index (κ3) is 5.13. The predicted octanol–water partition coefficient (Wildman–Crippen LogP) is 0.0416. The molecular weight excluding hydrogens is 410 g/mol. The summed E-state index contributed by atoms with van der Waals surface area (Å²) in [6.45, 7) is 2.47. The monoisotopic (exact) mass is 439 g/mol. The molecule has 3 aliphatic rings. The van der Waals surface area contributed by atoms with Crippen LogP contribution in [0.15, 0.2) is 18.6 Å². The van der Waals surface area contributed by atoms with Crippen molar-refractivity contribution in [1.82, 2.24) is 24.5 Å². The van der Waals surface area contributed by atoms with Gasteiger partial charge in [0.05, 0.1) is 12.5 Å². The summed E-state index contributed by atoms with van der Waals surface area (Å²) in [6.07, 6.45) is 10.3. The molecule has 2 N–H and O–H groups in total. The fraction of sp³-hybridized carbons (Fsp3) is 0.684. The SMILES string of the molecule is CS(=O)(=O)N1C[C@H]2C[C@@H](C1)[C@H](CNC(=O)c1cnccn1)N1CCCC[C@@H]21.O=CO. The van der Waals surface area contributed by atoms with E-state index in [0.717, 1.165) is 19.4 Å². The minimum atomic E-state index is -3.19. The standard InChI is InChI=1S/C18H27N5O3S.CH2O2/c1-27(25,26)22-11-13-8-14(12-22)17(23-7-3-2-4-16(13)23)10-21-18(24)15-9-19-5-6-20-15;2-1-3/h5-6,9,13-14,16-17H,2-4,7-8,10-12H2,1H3,(H,21,24);1H,(H,2,3)/t13-,14+,16+,17+;/m1./s1. The fourth-order valence-corrected chi connectivity index (χ4v) is 6.05. The van der Waals surface area contributed by atoms with Crippen molar-refractivity contribution in [2.75, 3.05) is 32.4 Å². The van der Waals surface area contributed by atoms with E-state index in [1.165, 1.54) is 37.7 Å². The van der Waals surface area contributed by atoms with Crippen molar-refractivity contribution >= 4 is 22.4 Å². The molecule has 0 aromatic carbocycles. The quantitative estimate of drug-likeness (QED) is 0.629. The summed E-state index contributed by atoms with van der Waals surface area (Å²) < 4.78 is 26.0. The van der Waals surface area contributed by atoms with Gasteiger partial charge in [-0.2, -0.15) is 0 Å². The predicted molar refractivity (Wildman–Crippen MR) is 109 cm³/mol. The van der Waals surface area contributed by atoms with Gasteiger partial charge in [-0.3, -0.25) is 19.5 Å². The molecule has 3 fully saturated rings. The Balaban J connectivity index is 0.000000806. The minimum absolute atomic E-state index is 0.164. The van der Waals surface area contributed by atoms with Gasteiger partial charge < -0.3 is 10.4 Å². The van der Waals surface area contributed by atoms with Crippen LogP contribution in [0.2, 0.25) is 0 Å². The summed E-state index contributed by atoms with van der Waals surface area (Å²) in [5, 5.41) is 9.90. The van der Waals surface area contributed by atoms with Crippen LogP contribution in [0.5, 0.6) is 0 Å². The van der Waals surface area contributed by atoms with E-state index in [1.807, 2.05) is 0 Å². The normalized spacial score (nSPS) is 29.1. The molecule has 3 aliphatic heterocycles. The summed E-state index contributed by atoms with van der Waals surface area (Å²) >= 11 is 0. The smallest absolute Gasteiger partial charge is 0.290 e. The molecule has 3 saturated heterocycles. The van der Waals surface area contributed by atoms with Crippen LogP contribution in [0.25, 0.3) is 0 Å². The van der Waals surface area contributed by atoms with Gasteiger partial charge in [0.2, 0.25) is 10.0 Å². The summed E-state index contributed by atoms with van der Waals surface area (Å²) in [5.74, 6) is 0.412. The Kier molecular flexibility index (Phi) is 7.37. The molecule has 30 heavy (non-hydrogen) atoms. The van der Waals surface area contributed by atoms with Crippen LogP contribution in [0, 0.1) is 11.8 Å². The van der Waals surface area contributed by atoms with Crippen molar-refractivity contribution in [2.45, 2.75) is 37.8 Å². The first-order valence-electron chi connectivity index (χ1n) is 10.2. The van der Waals surface area contributed by atoms with Crippen molar-refractivity contribution < 1.29 is 23.1 Å². The first-order valence-corrected chi connectivity index (χ1v) is 12.0. The van der Waals surface area contributed by atoms with Gasteiger partial charge in [0.25, 0.3) is 12.4 Å². The number of carbonyl (C=O) groups excluding carboxylic acids is 1. The van der Waals surface area contributed by atoms with Crippen molar-refractivity contribution in [3.05, 3.63) is 24.3 Å². The first-order chi connectivity index (χ1) is 14.3. The second-order valence-corrected chi connectivity index (χ2v) is 10.1. The summed E-state index contributed by atoms with van der Waals surface area (Å²) in [5.41, 5.74) is 0.308. The molecule has 0 spiro atoms. The lowest BCUT2D eigenvalue weighted by molar-refractivity contribution is -0.122. The summed E-state index contributed by atoms with van der Waals surface area (Å²) in [6, 6.07) is 0.578. The molecule has 2 bridgehead atoms. The number of carbonyl (C=O) groups is 2. The number of hydrogen-bond donors (Lipinski definition) is 2. The molecule has 1 amide bonds. The number of hydrogen-bond acceptors (Lipinski definition) is 7. The van der Waals surface area contributed by atoms with Gasteiger partial charge >= 0.3 is 0 Å². The van der Waals surface area contributed by atoms with Crippen LogP contribution >= 0.6 is 0 Å². The van der Waals surface area contributed by atoms with E-state index in [9.17, 15) is 13.2 Å². The van der Waals surface area contributed by atoms with Crippen LogP contribution in [-0.2, 0) is 14.8 Å². The van der Waals surface area contributed by atoms with E-state index < -0.39 is 10.0 Å². The molecule has 1 aromatic heterocycles. The van der Waals surface area contributed by atoms with Gasteiger partial charge in [0.15, 0.2) is 0 Å². The van der Waals surface area contributed by atoms with Gasteiger partial charge in [-0.1, -0.05) is 6.42 Å². The molecule has 4 heterocycles. The average molecular weight is 440 g/mol. The maximum atomic E-state index is 12.4. The molecular formula is C19H29N5O5S. The van der Waals surface area contributed by atoms with Gasteiger partial charge in [-0.15, -0.1) is 0 Å². The van der Waals surface area contributed by atoms with Gasteiger partial charge in [-0.05, 0) is 37.6 Å². The Morgan fingerprint density at radius 2 is 2.03 bits per heavy atom. The van der Waals surface area contributed by atoms with E-state index >= 15 is 0 Å². The highest BCUT2D eigenvalue weighted by Crippen LogP contribution is 2.41. The van der Waals surface area contributed by atoms with Crippen molar-refractivity contribution in [2.24, 2.45) is 11.8 Å². The third-order valence-electron chi connectivity index (χ3n) is 6.32. The second-order valence-electron chi connectivity index (χ2n) is 8.11. The molecule has 4 atom stereocenters. The largest absolute Gasteiger partial charge is 0.483 e. The number of sulfonamides is 1. The maximum Gasteiger partial charge on any atom is 0.290 e. The number of nitrogens with one attached hydrogen (secondary N) is 1. The molecule has 10 nitrogen and oxygen atoms in total. The highest BCUT2D eigenvalue weighted by atomic mass is 32.2. The van der Waals surface area contributed by atoms with Crippen molar-refractivity contribution in [3.8, 4) is 0 Å². The number of rotatable bonds is 4. The number of nitrogens with zero attached hydrogens (tertiary/aromatic N) is 4. The van der Waals surface area contributed by atoms with Crippen LogP contribution in [-0.4, -0.2) is 89.6 Å². The zero-order valence-electron chi connectivity index (χ0n) is 17.1. The lowest BCUT2D eigenvalue weighted by Crippen LogP contribution is -2.66. The maximum absolute atomic E-state index is 12.4. The topological polar surface area (TPSA) is 133 Å². The molecule has 0 radical (unpaired) electrons. The van der Waals surface area contributed by atoms with Crippen LogP contribution < -0.4 is 5.32 Å². The second kappa shape index (κ2) is 9.80. The number of piperidine rings is 3. The Bertz CT molecular complexity index is 837. The summed E-state index contributed by atoms with van der Waals surface area (Å²) in [4.78, 5) is 31.3. The van der Waals surface area contributed by atoms with Crippen molar-refractivity contribution in [1.29, 1.82) is 0 Å². The Morgan fingerprint density at radius 3 is 2.70 bits per heavy atom. The number of carboxylic acid groups (broad SMARTS) is 1. The van der Waals surface area contributed by atoms with E-state index in [1.54, 1.807) is 4.31 Å². The molecule has 0 unspecified atom stereocenters. The van der Waals surface area contributed by atoms with Gasteiger partial charge in [0, 0.05) is 44.1 Å². The Hall–Kier alpha value is -2.11. The molecule has 4 rings (SSSR count). The third-order valence-corrected chi connectivity index (χ3v) is 7.56. The van der Waals surface area contributed by atoms with E-state index in [0.29, 0.717) is 37.3 Å². The van der Waals surface area contributed by atoms with Crippen LogP contribution in [0.4, 0.5) is 0 Å². The molecule has 11 heteroatoms. The fourth-order valence-electron chi connectivity index (χ4n) is 5.12. The molecule has 166 valence electrons. The average Bonchev–Trinajstić information content (AvgIpc) is 2.74. The Morgan fingerprint density at radius 1 is 1.30 bits per heavy atom. The molecule has 1 aromatic rings. The zero-order chi connectivity index (χ0) is 21.7. The molecule has 0 aliphatic carbocycles. The lowest BCUT2D eigenvalue weighted by atomic mass is 9.73. The van der Waals surface area contributed by atoms with E-state index in [4.69, 9.17) is 9.90 Å². The van der Waals surface area contributed by atoms with E-state index in [-0.39, 0.29) is 24.3 Å². The van der Waals surface area contributed by atoms with Crippen molar-refractivity contribution in [3.63, 3.8) is 0 Å². The number of aromatic nitrogens is 2. The number of amides is 1. The highest BCUT2D eigenvalue weighted by Gasteiger charge is 2.48. The number of fused-ring (bicyclic) bond motifs is 4. The Labute approximate surface area is 176 Å². The van der Waals surface area contributed by atoms with Crippen LogP contribution in [0.1, 0.15) is 36.2 Å². The highest BCUT2D eigenvalue weighted by molar-refractivity contribution is 7.88. The van der Waals surface area contributed by atoms with E-state index in [2.05, 4.69) is 20.2 Å². The molecule has 0 saturated carbocycles. The van der Waals surface area contributed by atoms with Gasteiger partial charge in [-0.25, -0.2) is 17.7 Å². The lowest BCUT2D eigenvalue weighted by Gasteiger charge is -2.56. The minimum Gasteiger partial charge on any atom is -0.483 e. The van der Waals surface area contributed by atoms with Crippen LogP contribution in [0.3, 0.4) is 0 Å².